The Morgan fingerprint density at radius 2 is 0.709 bits per heavy atom. The summed E-state index contributed by atoms with van der Waals surface area (Å²) < 4.78 is 0. The number of unbranched alkanes of at least 4 members (excludes halogenated alkanes) is 38. The maximum absolute atomic E-state index is 12.5. The topological polar surface area (TPSA) is 89.8 Å². The van der Waals surface area contributed by atoms with E-state index in [1.807, 2.05) is 6.08 Å². The van der Waals surface area contributed by atoms with Crippen LogP contribution in [0.2, 0.25) is 0 Å². The average Bonchev–Trinajstić information content (AvgIpc) is 3.19. The van der Waals surface area contributed by atoms with E-state index >= 15 is 0 Å². The van der Waals surface area contributed by atoms with Gasteiger partial charge in [0.2, 0.25) is 5.91 Å². The van der Waals surface area contributed by atoms with Gasteiger partial charge in [-0.15, -0.1) is 0 Å². The van der Waals surface area contributed by atoms with E-state index in [1.54, 1.807) is 6.08 Å². The van der Waals surface area contributed by atoms with Crippen LogP contribution in [0, 0.1) is 0 Å². The van der Waals surface area contributed by atoms with E-state index in [4.69, 9.17) is 0 Å². The number of aliphatic hydroxyl groups is 3. The molecule has 0 aliphatic rings. The van der Waals surface area contributed by atoms with Gasteiger partial charge in [0.25, 0.3) is 0 Å². The van der Waals surface area contributed by atoms with Crippen LogP contribution in [-0.4, -0.2) is 46.1 Å². The monoisotopic (exact) mass is 778 g/mol. The van der Waals surface area contributed by atoms with Crippen molar-refractivity contribution in [2.75, 3.05) is 6.61 Å². The molecule has 0 heterocycles. The van der Waals surface area contributed by atoms with Crippen molar-refractivity contribution in [2.45, 2.75) is 295 Å². The molecule has 0 aromatic rings. The Hall–Kier alpha value is -0.910. The molecule has 0 aliphatic heterocycles. The summed E-state index contributed by atoms with van der Waals surface area (Å²) in [6.45, 7) is 4.21. The minimum absolute atomic E-state index is 0.359. The number of aliphatic hydroxyl groups excluding tert-OH is 3. The smallest absolute Gasteiger partial charge is 0.249 e. The van der Waals surface area contributed by atoms with Crippen LogP contribution in [0.1, 0.15) is 277 Å². The van der Waals surface area contributed by atoms with E-state index in [1.165, 1.54) is 225 Å². The molecule has 328 valence electrons. The van der Waals surface area contributed by atoms with Gasteiger partial charge in [-0.3, -0.25) is 4.79 Å². The van der Waals surface area contributed by atoms with Crippen molar-refractivity contribution in [3.63, 3.8) is 0 Å². The van der Waals surface area contributed by atoms with Gasteiger partial charge in [0.1, 0.15) is 6.10 Å². The van der Waals surface area contributed by atoms with E-state index in [0.29, 0.717) is 6.42 Å². The molecule has 0 aromatic carbocycles. The zero-order chi connectivity index (χ0) is 40.1. The second-order valence-corrected chi connectivity index (χ2v) is 17.4. The van der Waals surface area contributed by atoms with Gasteiger partial charge in [-0.1, -0.05) is 270 Å². The van der Waals surface area contributed by atoms with Gasteiger partial charge in [0, 0.05) is 0 Å². The summed E-state index contributed by atoms with van der Waals surface area (Å²) >= 11 is 0. The van der Waals surface area contributed by atoms with Gasteiger partial charge in [-0.05, 0) is 19.3 Å². The molecule has 55 heavy (non-hydrogen) atoms. The van der Waals surface area contributed by atoms with Crippen molar-refractivity contribution in [1.29, 1.82) is 0 Å². The molecule has 0 fully saturated rings. The summed E-state index contributed by atoms with van der Waals surface area (Å²) in [6.07, 6.45) is 55.5. The Balaban J connectivity index is 3.57. The van der Waals surface area contributed by atoms with Gasteiger partial charge in [-0.2, -0.15) is 0 Å². The van der Waals surface area contributed by atoms with Gasteiger partial charge in [0.15, 0.2) is 0 Å². The molecule has 4 N–H and O–H groups in total. The largest absolute Gasteiger partial charge is 0.394 e. The second kappa shape index (κ2) is 45.8. The third-order valence-corrected chi connectivity index (χ3v) is 11.9. The summed E-state index contributed by atoms with van der Waals surface area (Å²) in [5, 5.41) is 33.2. The number of hydrogen-bond acceptors (Lipinski definition) is 4. The van der Waals surface area contributed by atoms with Crippen molar-refractivity contribution in [3.05, 3.63) is 12.2 Å². The van der Waals surface area contributed by atoms with Crippen LogP contribution in [0.3, 0.4) is 0 Å². The first-order valence-electron chi connectivity index (χ1n) is 25.0. The van der Waals surface area contributed by atoms with Crippen LogP contribution < -0.4 is 5.32 Å². The lowest BCUT2D eigenvalue weighted by atomic mass is 10.0. The highest BCUT2D eigenvalue weighted by Crippen LogP contribution is 2.17. The van der Waals surface area contributed by atoms with Crippen LogP contribution in [0.4, 0.5) is 0 Å². The quantitative estimate of drug-likeness (QED) is 0.0366. The van der Waals surface area contributed by atoms with Crippen LogP contribution in [0.15, 0.2) is 12.2 Å². The van der Waals surface area contributed by atoms with Crippen molar-refractivity contribution in [3.8, 4) is 0 Å². The lowest BCUT2D eigenvalue weighted by molar-refractivity contribution is -0.131. The molecular formula is C50H99NO4. The summed E-state index contributed by atoms with van der Waals surface area (Å²) in [5.74, 6) is -0.498. The average molecular weight is 778 g/mol. The standard InChI is InChI=1S/C50H99NO4/c1-3-5-7-9-11-13-15-17-19-21-22-23-24-25-26-27-28-29-31-32-34-36-38-40-42-44-48(53)47(46-52)51-50(55)49(54)45-43-41-39-37-35-33-30-20-18-16-14-12-10-8-6-4-2/h42,44,47-49,52-54H,3-41,43,45-46H2,1-2H3,(H,51,55)/b44-42+. The van der Waals surface area contributed by atoms with E-state index in [9.17, 15) is 20.1 Å². The molecule has 0 bridgehead atoms. The number of rotatable bonds is 46. The van der Waals surface area contributed by atoms with Crippen molar-refractivity contribution < 1.29 is 20.1 Å². The summed E-state index contributed by atoms with van der Waals surface area (Å²) in [5.41, 5.74) is 0. The fraction of sp³-hybridized carbons (Fsp3) is 0.940. The Bertz CT molecular complexity index is 773. The third kappa shape index (κ3) is 41.1. The summed E-state index contributed by atoms with van der Waals surface area (Å²) in [7, 11) is 0. The molecule has 0 aliphatic carbocycles. The molecule has 0 saturated heterocycles. The molecule has 0 rings (SSSR count). The third-order valence-electron chi connectivity index (χ3n) is 11.9. The number of nitrogens with one attached hydrogen (secondary N) is 1. The zero-order valence-corrected chi connectivity index (χ0v) is 37.3. The van der Waals surface area contributed by atoms with E-state index in [-0.39, 0.29) is 6.61 Å². The van der Waals surface area contributed by atoms with Crippen molar-refractivity contribution >= 4 is 5.91 Å². The fourth-order valence-corrected chi connectivity index (χ4v) is 7.95. The van der Waals surface area contributed by atoms with Gasteiger partial charge < -0.3 is 20.6 Å². The predicted molar refractivity (Wildman–Crippen MR) is 241 cm³/mol. The SMILES string of the molecule is CCCCCCCCCCCCCCCCCCCCCCCCC/C=C/C(O)C(CO)NC(=O)C(O)CCCCCCCCCCCCCCCCCC. The Morgan fingerprint density at radius 1 is 0.436 bits per heavy atom. The first-order valence-corrected chi connectivity index (χ1v) is 25.0. The maximum Gasteiger partial charge on any atom is 0.249 e. The first-order chi connectivity index (χ1) is 27.1. The summed E-state index contributed by atoms with van der Waals surface area (Å²) in [4.78, 5) is 12.5. The van der Waals surface area contributed by atoms with E-state index < -0.39 is 24.2 Å². The highest BCUT2D eigenvalue weighted by Gasteiger charge is 2.22. The van der Waals surface area contributed by atoms with Crippen LogP contribution in [-0.2, 0) is 4.79 Å². The number of amides is 1. The lowest BCUT2D eigenvalue weighted by Gasteiger charge is -2.21. The molecule has 3 atom stereocenters. The Kier molecular flexibility index (Phi) is 45.0. The Morgan fingerprint density at radius 3 is 1.00 bits per heavy atom. The first kappa shape index (κ1) is 54.1. The minimum Gasteiger partial charge on any atom is -0.394 e. The molecule has 1 amide bonds. The number of hydrogen-bond donors (Lipinski definition) is 4. The zero-order valence-electron chi connectivity index (χ0n) is 37.3. The molecule has 5 nitrogen and oxygen atoms in total. The molecule has 0 radical (unpaired) electrons. The number of allylic oxidation sites excluding steroid dienone is 1. The highest BCUT2D eigenvalue weighted by molar-refractivity contribution is 5.80. The molecule has 0 saturated carbocycles. The van der Waals surface area contributed by atoms with Gasteiger partial charge in [-0.25, -0.2) is 0 Å². The normalized spacial score (nSPS) is 13.5. The highest BCUT2D eigenvalue weighted by atomic mass is 16.3. The van der Waals surface area contributed by atoms with Crippen molar-refractivity contribution in [2.24, 2.45) is 0 Å². The molecule has 5 heteroatoms. The summed E-state index contributed by atoms with van der Waals surface area (Å²) in [6, 6.07) is -0.793. The van der Waals surface area contributed by atoms with Gasteiger partial charge in [0.05, 0.1) is 18.8 Å². The van der Waals surface area contributed by atoms with Gasteiger partial charge >= 0.3 is 0 Å². The molecular weight excluding hydrogens is 679 g/mol. The number of carbonyl (C=O) groups is 1. The second-order valence-electron chi connectivity index (χ2n) is 17.4. The maximum atomic E-state index is 12.5. The van der Waals surface area contributed by atoms with Crippen LogP contribution in [0.5, 0.6) is 0 Å². The van der Waals surface area contributed by atoms with E-state index in [0.717, 1.165) is 32.1 Å². The lowest BCUT2D eigenvalue weighted by Crippen LogP contribution is -2.48. The van der Waals surface area contributed by atoms with E-state index in [2.05, 4.69) is 19.2 Å². The molecule has 3 unspecified atom stereocenters. The predicted octanol–water partition coefficient (Wildman–Crippen LogP) is 14.8. The van der Waals surface area contributed by atoms with Crippen LogP contribution in [0.25, 0.3) is 0 Å². The Labute approximate surface area is 344 Å². The minimum atomic E-state index is -1.09. The molecule has 0 spiro atoms. The van der Waals surface area contributed by atoms with Crippen LogP contribution >= 0.6 is 0 Å². The fourth-order valence-electron chi connectivity index (χ4n) is 7.95. The number of carbonyl (C=O) groups excluding carboxylic acids is 1. The van der Waals surface area contributed by atoms with Crippen molar-refractivity contribution in [1.82, 2.24) is 5.32 Å². The molecule has 0 aromatic heterocycles.